The molecule has 21 heavy (non-hydrogen) atoms. The van der Waals surface area contributed by atoms with Crippen molar-refractivity contribution >= 4 is 23.2 Å². The molecule has 1 heterocycles. The first-order chi connectivity index (χ1) is 10.1. The molecule has 6 heteroatoms. The quantitative estimate of drug-likeness (QED) is 0.891. The third kappa shape index (κ3) is 2.84. The molecule has 5 nitrogen and oxygen atoms in total. The van der Waals surface area contributed by atoms with E-state index in [1.54, 1.807) is 18.2 Å². The predicted molar refractivity (Wildman–Crippen MR) is 74.9 cm³/mol. The number of rotatable bonds is 2. The first-order valence-corrected chi connectivity index (χ1v) is 6.25. The number of fused-ring (bicyclic) bond motifs is 1. The van der Waals surface area contributed by atoms with Gasteiger partial charge in [-0.25, -0.2) is 4.39 Å². The van der Waals surface area contributed by atoms with Gasteiger partial charge in [0.25, 0.3) is 11.8 Å². The maximum atomic E-state index is 12.8. The summed E-state index contributed by atoms with van der Waals surface area (Å²) in [4.78, 5) is 23.2. The zero-order chi connectivity index (χ0) is 14.8. The maximum Gasteiger partial charge on any atom is 0.262 e. The summed E-state index contributed by atoms with van der Waals surface area (Å²) in [7, 11) is 0. The summed E-state index contributed by atoms with van der Waals surface area (Å²) in [6.07, 6.45) is 0. The molecule has 0 unspecified atom stereocenters. The minimum absolute atomic E-state index is 0.0532. The monoisotopic (exact) mass is 286 g/mol. The predicted octanol–water partition coefficient (Wildman–Crippen LogP) is 2.41. The summed E-state index contributed by atoms with van der Waals surface area (Å²) >= 11 is 0. The first kappa shape index (κ1) is 13.1. The van der Waals surface area contributed by atoms with Gasteiger partial charge in [-0.3, -0.25) is 9.59 Å². The van der Waals surface area contributed by atoms with E-state index in [4.69, 9.17) is 4.74 Å². The summed E-state index contributed by atoms with van der Waals surface area (Å²) in [5, 5.41) is 5.34. The number of hydrogen-bond acceptors (Lipinski definition) is 3. The summed E-state index contributed by atoms with van der Waals surface area (Å²) in [5.41, 5.74) is 1.44. The van der Waals surface area contributed by atoms with Gasteiger partial charge in [0.2, 0.25) is 0 Å². The average molecular weight is 286 g/mol. The van der Waals surface area contributed by atoms with Crippen molar-refractivity contribution in [2.24, 2.45) is 0 Å². The molecule has 1 aliphatic rings. The van der Waals surface area contributed by atoms with Crippen LogP contribution in [-0.2, 0) is 4.79 Å². The van der Waals surface area contributed by atoms with Gasteiger partial charge in [0, 0.05) is 17.3 Å². The third-order valence-electron chi connectivity index (χ3n) is 2.98. The van der Waals surface area contributed by atoms with E-state index < -0.39 is 5.82 Å². The molecule has 0 aliphatic carbocycles. The highest BCUT2D eigenvalue weighted by molar-refractivity contribution is 6.04. The Labute approximate surface area is 119 Å². The lowest BCUT2D eigenvalue weighted by molar-refractivity contribution is -0.118. The van der Waals surface area contributed by atoms with Crippen LogP contribution >= 0.6 is 0 Å². The van der Waals surface area contributed by atoms with Crippen LogP contribution in [0, 0.1) is 5.82 Å². The minimum atomic E-state index is -0.399. The van der Waals surface area contributed by atoms with Crippen LogP contribution in [0.4, 0.5) is 15.8 Å². The number of ether oxygens (including phenoxy) is 1. The minimum Gasteiger partial charge on any atom is -0.482 e. The van der Waals surface area contributed by atoms with Gasteiger partial charge < -0.3 is 15.4 Å². The molecule has 2 aromatic rings. The molecule has 0 spiro atoms. The maximum absolute atomic E-state index is 12.8. The van der Waals surface area contributed by atoms with E-state index in [1.165, 1.54) is 24.3 Å². The van der Waals surface area contributed by atoms with Crippen molar-refractivity contribution in [3.05, 3.63) is 53.8 Å². The summed E-state index contributed by atoms with van der Waals surface area (Å²) in [5.74, 6) is -0.476. The zero-order valence-corrected chi connectivity index (χ0v) is 10.9. The van der Waals surface area contributed by atoms with Crippen LogP contribution in [0.2, 0.25) is 0 Å². The van der Waals surface area contributed by atoms with Gasteiger partial charge in [-0.05, 0) is 36.4 Å². The Morgan fingerprint density at radius 3 is 2.71 bits per heavy atom. The molecule has 1 aliphatic heterocycles. The smallest absolute Gasteiger partial charge is 0.262 e. The first-order valence-electron chi connectivity index (χ1n) is 6.25. The van der Waals surface area contributed by atoms with Gasteiger partial charge in [-0.15, -0.1) is 0 Å². The molecule has 106 valence electrons. The normalized spacial score (nSPS) is 12.9. The van der Waals surface area contributed by atoms with Crippen molar-refractivity contribution in [1.29, 1.82) is 0 Å². The second-order valence-electron chi connectivity index (χ2n) is 4.51. The topological polar surface area (TPSA) is 67.4 Å². The van der Waals surface area contributed by atoms with E-state index in [0.29, 0.717) is 22.7 Å². The van der Waals surface area contributed by atoms with Gasteiger partial charge in [0.1, 0.15) is 11.6 Å². The molecular weight excluding hydrogens is 275 g/mol. The van der Waals surface area contributed by atoms with E-state index in [1.807, 2.05) is 0 Å². The summed E-state index contributed by atoms with van der Waals surface area (Å²) < 4.78 is 18.1. The lowest BCUT2D eigenvalue weighted by atomic mass is 10.2. The van der Waals surface area contributed by atoms with Crippen molar-refractivity contribution in [1.82, 2.24) is 0 Å². The standard InChI is InChI=1S/C15H11FN2O3/c16-10-3-1-9(2-4-10)15(20)17-11-5-6-12-13(7-11)21-8-14(19)18-12/h1-7H,8H2,(H,17,20)(H,18,19). The SMILES string of the molecule is O=C1COc2cc(NC(=O)c3ccc(F)cc3)ccc2N1. The lowest BCUT2D eigenvalue weighted by Crippen LogP contribution is -2.25. The number of amides is 2. The Bertz CT molecular complexity index is 713. The zero-order valence-electron chi connectivity index (χ0n) is 10.9. The summed E-state index contributed by atoms with van der Waals surface area (Å²) in [6, 6.07) is 10.2. The number of carbonyl (C=O) groups is 2. The molecule has 2 amide bonds. The molecule has 0 saturated carbocycles. The second-order valence-corrected chi connectivity index (χ2v) is 4.51. The van der Waals surface area contributed by atoms with Crippen LogP contribution in [-0.4, -0.2) is 18.4 Å². The van der Waals surface area contributed by atoms with Crippen LogP contribution in [0.1, 0.15) is 10.4 Å². The fourth-order valence-corrected chi connectivity index (χ4v) is 1.96. The van der Waals surface area contributed by atoms with Crippen LogP contribution < -0.4 is 15.4 Å². The molecule has 2 aromatic carbocycles. The second kappa shape index (κ2) is 5.24. The molecule has 0 fully saturated rings. The lowest BCUT2D eigenvalue weighted by Gasteiger charge is -2.18. The molecule has 0 saturated heterocycles. The van der Waals surface area contributed by atoms with Crippen LogP contribution in [0.25, 0.3) is 0 Å². The number of benzene rings is 2. The highest BCUT2D eigenvalue weighted by Crippen LogP contribution is 2.30. The van der Waals surface area contributed by atoms with E-state index in [9.17, 15) is 14.0 Å². The van der Waals surface area contributed by atoms with Crippen molar-refractivity contribution in [2.75, 3.05) is 17.2 Å². The van der Waals surface area contributed by atoms with Crippen LogP contribution in [0.15, 0.2) is 42.5 Å². The number of nitrogens with one attached hydrogen (secondary N) is 2. The van der Waals surface area contributed by atoms with E-state index >= 15 is 0 Å². The van der Waals surface area contributed by atoms with Crippen molar-refractivity contribution in [2.45, 2.75) is 0 Å². The molecule has 0 aromatic heterocycles. The molecule has 3 rings (SSSR count). The average Bonchev–Trinajstić information content (AvgIpc) is 2.48. The van der Waals surface area contributed by atoms with Crippen molar-refractivity contribution in [3.63, 3.8) is 0 Å². The van der Waals surface area contributed by atoms with Gasteiger partial charge in [-0.2, -0.15) is 0 Å². The van der Waals surface area contributed by atoms with Crippen molar-refractivity contribution < 1.29 is 18.7 Å². The number of halogens is 1. The van der Waals surface area contributed by atoms with E-state index in [-0.39, 0.29) is 18.4 Å². The van der Waals surface area contributed by atoms with Gasteiger partial charge in [0.15, 0.2) is 6.61 Å². The van der Waals surface area contributed by atoms with Gasteiger partial charge in [0.05, 0.1) is 5.69 Å². The number of hydrogen-bond donors (Lipinski definition) is 2. The fourth-order valence-electron chi connectivity index (χ4n) is 1.96. The third-order valence-corrected chi connectivity index (χ3v) is 2.98. The van der Waals surface area contributed by atoms with Gasteiger partial charge >= 0.3 is 0 Å². The number of carbonyl (C=O) groups excluding carboxylic acids is 2. The largest absolute Gasteiger partial charge is 0.482 e. The van der Waals surface area contributed by atoms with Crippen LogP contribution in [0.5, 0.6) is 5.75 Å². The van der Waals surface area contributed by atoms with Crippen LogP contribution in [0.3, 0.4) is 0 Å². The highest BCUT2D eigenvalue weighted by atomic mass is 19.1. The fraction of sp³-hybridized carbons (Fsp3) is 0.0667. The highest BCUT2D eigenvalue weighted by Gasteiger charge is 2.16. The molecule has 0 atom stereocenters. The Balaban J connectivity index is 1.77. The molecular formula is C15H11FN2O3. The van der Waals surface area contributed by atoms with E-state index in [0.717, 1.165) is 0 Å². The Kier molecular flexibility index (Phi) is 3.27. The Morgan fingerprint density at radius 1 is 1.19 bits per heavy atom. The van der Waals surface area contributed by atoms with Crippen molar-refractivity contribution in [3.8, 4) is 5.75 Å². The molecule has 0 bridgehead atoms. The Hall–Kier alpha value is -2.89. The molecule has 2 N–H and O–H groups in total. The Morgan fingerprint density at radius 2 is 1.95 bits per heavy atom. The molecule has 0 radical (unpaired) electrons. The summed E-state index contributed by atoms with van der Waals surface area (Å²) in [6.45, 7) is -0.0532. The van der Waals surface area contributed by atoms with Gasteiger partial charge in [-0.1, -0.05) is 0 Å². The van der Waals surface area contributed by atoms with E-state index in [2.05, 4.69) is 10.6 Å². The number of anilines is 2.